The second kappa shape index (κ2) is 14.8. The molecule has 0 spiro atoms. The van der Waals surface area contributed by atoms with Crippen LogP contribution in [0.25, 0.3) is 0 Å². The van der Waals surface area contributed by atoms with Gasteiger partial charge in [-0.15, -0.1) is 24.0 Å². The van der Waals surface area contributed by atoms with E-state index in [0.29, 0.717) is 25.0 Å². The monoisotopic (exact) mass is 476 g/mol. The fourth-order valence-electron chi connectivity index (χ4n) is 2.31. The Balaban J connectivity index is 0.00000625. The molecule has 0 atom stereocenters. The number of ether oxygens (including phenoxy) is 1. The topological polar surface area (TPSA) is 74.8 Å². The van der Waals surface area contributed by atoms with Crippen molar-refractivity contribution < 1.29 is 9.53 Å². The van der Waals surface area contributed by atoms with Gasteiger partial charge in [0.15, 0.2) is 5.96 Å². The van der Waals surface area contributed by atoms with Crippen LogP contribution in [0.1, 0.15) is 37.3 Å². The Bertz CT molecular complexity index is 533. The predicted molar refractivity (Wildman–Crippen MR) is 119 cm³/mol. The lowest BCUT2D eigenvalue weighted by Gasteiger charge is -2.12. The Morgan fingerprint density at radius 3 is 2.38 bits per heavy atom. The van der Waals surface area contributed by atoms with E-state index in [0.717, 1.165) is 19.4 Å². The van der Waals surface area contributed by atoms with Crippen molar-refractivity contribution >= 4 is 35.8 Å². The third-order valence-electron chi connectivity index (χ3n) is 3.85. The summed E-state index contributed by atoms with van der Waals surface area (Å²) in [6.45, 7) is 6.43. The van der Waals surface area contributed by atoms with E-state index in [1.165, 1.54) is 11.1 Å². The zero-order valence-corrected chi connectivity index (χ0v) is 18.6. The SMILES string of the molecule is CN=C(NCCCc1ccc(C(C)C)cc1)NCC(=O)NCCOC.I. The number of benzene rings is 1. The molecule has 0 aliphatic heterocycles. The normalized spacial score (nSPS) is 11.0. The summed E-state index contributed by atoms with van der Waals surface area (Å²) in [5.41, 5.74) is 2.71. The molecular weight excluding hydrogens is 443 g/mol. The first-order chi connectivity index (χ1) is 12.1. The molecule has 0 saturated carbocycles. The molecule has 1 amide bonds. The summed E-state index contributed by atoms with van der Waals surface area (Å²) in [5.74, 6) is 1.12. The van der Waals surface area contributed by atoms with Crippen LogP contribution >= 0.6 is 24.0 Å². The van der Waals surface area contributed by atoms with Crippen molar-refractivity contribution in [2.75, 3.05) is 40.4 Å². The van der Waals surface area contributed by atoms with E-state index in [4.69, 9.17) is 4.74 Å². The maximum atomic E-state index is 11.6. The highest BCUT2D eigenvalue weighted by atomic mass is 127. The van der Waals surface area contributed by atoms with Gasteiger partial charge < -0.3 is 20.7 Å². The van der Waals surface area contributed by atoms with Crippen molar-refractivity contribution in [1.29, 1.82) is 0 Å². The van der Waals surface area contributed by atoms with Gasteiger partial charge in [0.1, 0.15) is 0 Å². The molecule has 0 radical (unpaired) electrons. The van der Waals surface area contributed by atoms with Crippen LogP contribution in [0.4, 0.5) is 0 Å². The number of halogens is 1. The number of amides is 1. The summed E-state index contributed by atoms with van der Waals surface area (Å²) in [6.07, 6.45) is 2.02. The number of aryl methyl sites for hydroxylation is 1. The maximum absolute atomic E-state index is 11.6. The Kier molecular flexibility index (Phi) is 14.0. The highest BCUT2D eigenvalue weighted by Gasteiger charge is 2.03. The average molecular weight is 476 g/mol. The van der Waals surface area contributed by atoms with Crippen LogP contribution in [-0.4, -0.2) is 52.3 Å². The number of nitrogens with zero attached hydrogens (tertiary/aromatic N) is 1. The van der Waals surface area contributed by atoms with Gasteiger partial charge >= 0.3 is 0 Å². The molecule has 0 fully saturated rings. The van der Waals surface area contributed by atoms with Gasteiger partial charge in [0.2, 0.25) is 5.91 Å². The average Bonchev–Trinajstić information content (AvgIpc) is 2.61. The zero-order valence-electron chi connectivity index (χ0n) is 16.3. The van der Waals surface area contributed by atoms with Crippen LogP contribution in [-0.2, 0) is 16.0 Å². The van der Waals surface area contributed by atoms with Gasteiger partial charge in [-0.25, -0.2) is 0 Å². The summed E-state index contributed by atoms with van der Waals surface area (Å²) < 4.78 is 4.89. The van der Waals surface area contributed by atoms with Crippen molar-refractivity contribution in [3.05, 3.63) is 35.4 Å². The Morgan fingerprint density at radius 2 is 1.81 bits per heavy atom. The largest absolute Gasteiger partial charge is 0.383 e. The van der Waals surface area contributed by atoms with Gasteiger partial charge in [-0.3, -0.25) is 9.79 Å². The highest BCUT2D eigenvalue weighted by molar-refractivity contribution is 14.0. The summed E-state index contributed by atoms with van der Waals surface area (Å²) in [7, 11) is 3.30. The van der Waals surface area contributed by atoms with Crippen molar-refractivity contribution in [2.24, 2.45) is 4.99 Å². The summed E-state index contributed by atoms with van der Waals surface area (Å²) in [6, 6.07) is 8.81. The third kappa shape index (κ3) is 10.6. The van der Waals surface area contributed by atoms with E-state index in [2.05, 4.69) is 59.1 Å². The number of carbonyl (C=O) groups is 1. The van der Waals surface area contributed by atoms with Crippen molar-refractivity contribution in [2.45, 2.75) is 32.6 Å². The van der Waals surface area contributed by atoms with Gasteiger partial charge in [-0.2, -0.15) is 0 Å². The summed E-state index contributed by atoms with van der Waals surface area (Å²) in [4.78, 5) is 15.7. The number of hydrogen-bond acceptors (Lipinski definition) is 3. The van der Waals surface area contributed by atoms with E-state index >= 15 is 0 Å². The van der Waals surface area contributed by atoms with Crippen LogP contribution in [0.2, 0.25) is 0 Å². The van der Waals surface area contributed by atoms with Gasteiger partial charge in [0.25, 0.3) is 0 Å². The summed E-state index contributed by atoms with van der Waals surface area (Å²) in [5, 5.41) is 8.98. The van der Waals surface area contributed by atoms with Crippen LogP contribution in [0.3, 0.4) is 0 Å². The molecule has 148 valence electrons. The Labute approximate surface area is 174 Å². The second-order valence-corrected chi connectivity index (χ2v) is 6.20. The van der Waals surface area contributed by atoms with Crippen LogP contribution in [0.5, 0.6) is 0 Å². The number of nitrogens with one attached hydrogen (secondary N) is 3. The molecule has 0 saturated heterocycles. The lowest BCUT2D eigenvalue weighted by molar-refractivity contribution is -0.120. The first kappa shape index (κ1) is 24.7. The number of methoxy groups -OCH3 is 1. The van der Waals surface area contributed by atoms with Crippen LogP contribution < -0.4 is 16.0 Å². The van der Waals surface area contributed by atoms with Crippen LogP contribution in [0.15, 0.2) is 29.3 Å². The van der Waals surface area contributed by atoms with Crippen molar-refractivity contribution in [1.82, 2.24) is 16.0 Å². The number of rotatable bonds is 10. The van der Waals surface area contributed by atoms with E-state index < -0.39 is 0 Å². The number of hydrogen-bond donors (Lipinski definition) is 3. The molecule has 1 aromatic carbocycles. The van der Waals surface area contributed by atoms with Crippen LogP contribution in [0, 0.1) is 0 Å². The minimum atomic E-state index is -0.0785. The minimum absolute atomic E-state index is 0. The van der Waals surface area contributed by atoms with Gasteiger partial charge in [-0.1, -0.05) is 38.1 Å². The number of guanidine groups is 1. The van der Waals surface area contributed by atoms with E-state index in [-0.39, 0.29) is 36.4 Å². The fraction of sp³-hybridized carbons (Fsp3) is 0.579. The lowest BCUT2D eigenvalue weighted by Crippen LogP contribution is -2.44. The van der Waals surface area contributed by atoms with Gasteiger partial charge in [-0.05, 0) is 29.9 Å². The molecule has 0 unspecified atom stereocenters. The predicted octanol–water partition coefficient (Wildman–Crippen LogP) is 2.29. The van der Waals surface area contributed by atoms with Crippen molar-refractivity contribution in [3.63, 3.8) is 0 Å². The smallest absolute Gasteiger partial charge is 0.239 e. The molecule has 0 aliphatic rings. The van der Waals surface area contributed by atoms with Crippen molar-refractivity contribution in [3.8, 4) is 0 Å². The van der Waals surface area contributed by atoms with E-state index in [9.17, 15) is 4.79 Å². The quantitative estimate of drug-likeness (QED) is 0.210. The molecule has 0 heterocycles. The Morgan fingerprint density at radius 1 is 1.12 bits per heavy atom. The Hall–Kier alpha value is -1.35. The standard InChI is InChI=1S/C19H32N4O2.HI/c1-15(2)17-9-7-16(8-10-17)6-5-11-22-19(20-3)23-14-18(24)21-12-13-25-4;/h7-10,15H,5-6,11-14H2,1-4H3,(H,21,24)(H2,20,22,23);1H. The van der Waals surface area contributed by atoms with Gasteiger partial charge in [0, 0.05) is 27.2 Å². The second-order valence-electron chi connectivity index (χ2n) is 6.20. The zero-order chi connectivity index (χ0) is 18.5. The molecule has 0 aromatic heterocycles. The fourth-order valence-corrected chi connectivity index (χ4v) is 2.31. The van der Waals surface area contributed by atoms with E-state index in [1.54, 1.807) is 14.2 Å². The maximum Gasteiger partial charge on any atom is 0.239 e. The molecule has 6 nitrogen and oxygen atoms in total. The highest BCUT2D eigenvalue weighted by Crippen LogP contribution is 2.15. The molecule has 0 bridgehead atoms. The molecule has 26 heavy (non-hydrogen) atoms. The van der Waals surface area contributed by atoms with E-state index in [1.807, 2.05) is 0 Å². The third-order valence-corrected chi connectivity index (χ3v) is 3.85. The molecular formula is C19H33IN4O2. The first-order valence-corrected chi connectivity index (χ1v) is 8.85. The molecule has 7 heteroatoms. The molecule has 0 aliphatic carbocycles. The lowest BCUT2D eigenvalue weighted by atomic mass is 10.0. The summed E-state index contributed by atoms with van der Waals surface area (Å²) >= 11 is 0. The number of aliphatic imine (C=N–C) groups is 1. The molecule has 1 aromatic rings. The molecule has 3 N–H and O–H groups in total. The minimum Gasteiger partial charge on any atom is -0.383 e. The first-order valence-electron chi connectivity index (χ1n) is 8.85. The number of carbonyl (C=O) groups excluding carboxylic acids is 1. The molecule has 1 rings (SSSR count). The van der Waals surface area contributed by atoms with Gasteiger partial charge in [0.05, 0.1) is 13.2 Å².